The lowest BCUT2D eigenvalue weighted by Gasteiger charge is -2.13. The van der Waals surface area contributed by atoms with E-state index in [4.69, 9.17) is 26.8 Å². The largest absolute Gasteiger partial charge is 0.439 e. The lowest BCUT2D eigenvalue weighted by atomic mass is 10.2. The standard InChI is InChI=1S/C17H18ClN3O3/c18-11-1-8-16(20-10-11)24-13-4-2-12(3-5-13)21-17(22)15-7-6-14(9-19)23-15/h1-5,8,10,14-15H,6-7,9,19H2,(H,21,22)/t14-,15+/m1/s1. The van der Waals surface area contributed by atoms with Crippen molar-refractivity contribution in [2.75, 3.05) is 11.9 Å². The van der Waals surface area contributed by atoms with Gasteiger partial charge >= 0.3 is 0 Å². The van der Waals surface area contributed by atoms with Crippen LogP contribution >= 0.6 is 11.6 Å². The monoisotopic (exact) mass is 347 g/mol. The third kappa shape index (κ3) is 4.23. The molecule has 1 aliphatic heterocycles. The zero-order chi connectivity index (χ0) is 16.9. The molecule has 7 heteroatoms. The van der Waals surface area contributed by atoms with Crippen LogP contribution in [-0.2, 0) is 9.53 Å². The molecule has 0 bridgehead atoms. The molecular formula is C17H18ClN3O3. The highest BCUT2D eigenvalue weighted by atomic mass is 35.5. The summed E-state index contributed by atoms with van der Waals surface area (Å²) >= 11 is 5.78. The first-order valence-corrected chi connectivity index (χ1v) is 8.07. The van der Waals surface area contributed by atoms with E-state index in [1.54, 1.807) is 36.4 Å². The van der Waals surface area contributed by atoms with Crippen molar-refractivity contribution in [2.24, 2.45) is 5.73 Å². The number of hydrogen-bond donors (Lipinski definition) is 2. The Balaban J connectivity index is 1.56. The molecule has 2 heterocycles. The number of ether oxygens (including phenoxy) is 2. The molecule has 24 heavy (non-hydrogen) atoms. The van der Waals surface area contributed by atoms with Crippen molar-refractivity contribution in [2.45, 2.75) is 25.0 Å². The second-order valence-corrected chi connectivity index (χ2v) is 5.93. The van der Waals surface area contributed by atoms with Gasteiger partial charge in [-0.2, -0.15) is 0 Å². The normalized spacial score (nSPS) is 19.9. The number of aromatic nitrogens is 1. The number of nitrogens with zero attached hydrogens (tertiary/aromatic N) is 1. The molecule has 0 aliphatic carbocycles. The molecule has 1 saturated heterocycles. The van der Waals surface area contributed by atoms with Gasteiger partial charge in [-0.1, -0.05) is 11.6 Å². The van der Waals surface area contributed by atoms with E-state index in [1.165, 1.54) is 6.20 Å². The first-order chi connectivity index (χ1) is 11.6. The molecule has 0 spiro atoms. The number of rotatable bonds is 5. The quantitative estimate of drug-likeness (QED) is 0.868. The van der Waals surface area contributed by atoms with Crippen LogP contribution < -0.4 is 15.8 Å². The molecule has 3 N–H and O–H groups in total. The fourth-order valence-corrected chi connectivity index (χ4v) is 2.56. The van der Waals surface area contributed by atoms with Crippen molar-refractivity contribution in [1.29, 1.82) is 0 Å². The number of carbonyl (C=O) groups excluding carboxylic acids is 1. The van der Waals surface area contributed by atoms with Crippen molar-refractivity contribution in [3.8, 4) is 11.6 Å². The topological polar surface area (TPSA) is 86.5 Å². The number of nitrogens with one attached hydrogen (secondary N) is 1. The second kappa shape index (κ2) is 7.61. The highest BCUT2D eigenvalue weighted by Crippen LogP contribution is 2.24. The van der Waals surface area contributed by atoms with Crippen LogP contribution in [0.1, 0.15) is 12.8 Å². The second-order valence-electron chi connectivity index (χ2n) is 5.49. The smallest absolute Gasteiger partial charge is 0.253 e. The van der Waals surface area contributed by atoms with Crippen LogP contribution in [0.3, 0.4) is 0 Å². The Morgan fingerprint density at radius 2 is 2.08 bits per heavy atom. The Bertz CT molecular complexity index is 691. The maximum atomic E-state index is 12.2. The summed E-state index contributed by atoms with van der Waals surface area (Å²) in [6, 6.07) is 10.4. The fourth-order valence-electron chi connectivity index (χ4n) is 2.44. The van der Waals surface area contributed by atoms with Gasteiger partial charge in [0.05, 0.1) is 11.1 Å². The zero-order valence-electron chi connectivity index (χ0n) is 12.9. The van der Waals surface area contributed by atoms with Gasteiger partial charge in [-0.05, 0) is 43.2 Å². The van der Waals surface area contributed by atoms with E-state index >= 15 is 0 Å². The van der Waals surface area contributed by atoms with E-state index in [-0.39, 0.29) is 12.0 Å². The van der Waals surface area contributed by atoms with Gasteiger partial charge in [0.2, 0.25) is 5.88 Å². The molecule has 1 fully saturated rings. The maximum absolute atomic E-state index is 12.2. The number of carbonyl (C=O) groups is 1. The van der Waals surface area contributed by atoms with E-state index in [1.807, 2.05) is 0 Å². The van der Waals surface area contributed by atoms with Gasteiger partial charge in [0, 0.05) is 24.5 Å². The Morgan fingerprint density at radius 3 is 2.71 bits per heavy atom. The minimum Gasteiger partial charge on any atom is -0.439 e. The molecule has 2 atom stereocenters. The average Bonchev–Trinajstić information content (AvgIpc) is 3.08. The number of anilines is 1. The molecule has 1 amide bonds. The molecule has 126 valence electrons. The molecular weight excluding hydrogens is 330 g/mol. The highest BCUT2D eigenvalue weighted by molar-refractivity contribution is 6.30. The first kappa shape index (κ1) is 16.7. The number of hydrogen-bond acceptors (Lipinski definition) is 5. The summed E-state index contributed by atoms with van der Waals surface area (Å²) in [5.41, 5.74) is 6.23. The summed E-state index contributed by atoms with van der Waals surface area (Å²) in [5, 5.41) is 3.38. The fraction of sp³-hybridized carbons (Fsp3) is 0.294. The lowest BCUT2D eigenvalue weighted by molar-refractivity contribution is -0.126. The van der Waals surface area contributed by atoms with E-state index in [0.717, 1.165) is 6.42 Å². The Morgan fingerprint density at radius 1 is 1.29 bits per heavy atom. The summed E-state index contributed by atoms with van der Waals surface area (Å²) in [6.07, 6.45) is 2.56. The van der Waals surface area contributed by atoms with Gasteiger partial charge in [-0.15, -0.1) is 0 Å². The van der Waals surface area contributed by atoms with Crippen LogP contribution in [0.4, 0.5) is 5.69 Å². The minimum atomic E-state index is -0.437. The van der Waals surface area contributed by atoms with Gasteiger partial charge in [-0.25, -0.2) is 4.98 Å². The van der Waals surface area contributed by atoms with Crippen LogP contribution in [0.25, 0.3) is 0 Å². The summed E-state index contributed by atoms with van der Waals surface area (Å²) in [7, 11) is 0. The molecule has 0 saturated carbocycles. The predicted molar refractivity (Wildman–Crippen MR) is 91.3 cm³/mol. The van der Waals surface area contributed by atoms with E-state index in [2.05, 4.69) is 10.3 Å². The van der Waals surface area contributed by atoms with Crippen LogP contribution in [0.5, 0.6) is 11.6 Å². The minimum absolute atomic E-state index is 0.0246. The maximum Gasteiger partial charge on any atom is 0.253 e. The van der Waals surface area contributed by atoms with Crippen LogP contribution in [0, 0.1) is 0 Å². The summed E-state index contributed by atoms with van der Waals surface area (Å²) in [4.78, 5) is 16.2. The molecule has 1 aliphatic rings. The van der Waals surface area contributed by atoms with E-state index in [0.29, 0.717) is 35.3 Å². The summed E-state index contributed by atoms with van der Waals surface area (Å²) in [5.74, 6) is 0.908. The average molecular weight is 348 g/mol. The predicted octanol–water partition coefficient (Wildman–Crippen LogP) is 2.97. The number of halogens is 1. The Labute approximate surface area is 144 Å². The Hall–Kier alpha value is -2.15. The molecule has 0 unspecified atom stereocenters. The van der Waals surface area contributed by atoms with Crippen molar-refractivity contribution in [3.05, 3.63) is 47.6 Å². The third-order valence-electron chi connectivity index (χ3n) is 3.71. The van der Waals surface area contributed by atoms with Crippen LogP contribution in [0.2, 0.25) is 5.02 Å². The number of benzene rings is 1. The summed E-state index contributed by atoms with van der Waals surface area (Å²) < 4.78 is 11.2. The van der Waals surface area contributed by atoms with Crippen molar-refractivity contribution in [3.63, 3.8) is 0 Å². The number of nitrogens with two attached hydrogens (primary N) is 1. The zero-order valence-corrected chi connectivity index (χ0v) is 13.7. The molecule has 1 aromatic carbocycles. The van der Waals surface area contributed by atoms with Gasteiger partial charge in [0.25, 0.3) is 5.91 Å². The van der Waals surface area contributed by atoms with Crippen molar-refractivity contribution in [1.82, 2.24) is 4.98 Å². The Kier molecular flexibility index (Phi) is 5.30. The van der Waals surface area contributed by atoms with Crippen LogP contribution in [-0.4, -0.2) is 29.6 Å². The molecule has 6 nitrogen and oxygen atoms in total. The van der Waals surface area contributed by atoms with E-state index in [9.17, 15) is 4.79 Å². The van der Waals surface area contributed by atoms with Gasteiger partial charge < -0.3 is 20.5 Å². The van der Waals surface area contributed by atoms with Crippen molar-refractivity contribution < 1.29 is 14.3 Å². The molecule has 1 aromatic heterocycles. The SMILES string of the molecule is NC[C@H]1CC[C@@H](C(=O)Nc2ccc(Oc3ccc(Cl)cn3)cc2)O1. The van der Waals surface area contributed by atoms with E-state index < -0.39 is 6.10 Å². The first-order valence-electron chi connectivity index (χ1n) is 7.70. The molecule has 3 rings (SSSR count). The lowest BCUT2D eigenvalue weighted by Crippen LogP contribution is -2.29. The highest BCUT2D eigenvalue weighted by Gasteiger charge is 2.29. The molecule has 2 aromatic rings. The molecule has 0 radical (unpaired) electrons. The van der Waals surface area contributed by atoms with Gasteiger partial charge in [-0.3, -0.25) is 4.79 Å². The third-order valence-corrected chi connectivity index (χ3v) is 3.93. The summed E-state index contributed by atoms with van der Waals surface area (Å²) in [6.45, 7) is 0.439. The van der Waals surface area contributed by atoms with Crippen molar-refractivity contribution >= 4 is 23.2 Å². The van der Waals surface area contributed by atoms with Crippen LogP contribution in [0.15, 0.2) is 42.6 Å². The number of amides is 1. The number of pyridine rings is 1. The van der Waals surface area contributed by atoms with Gasteiger partial charge in [0.15, 0.2) is 0 Å². The van der Waals surface area contributed by atoms with Gasteiger partial charge in [0.1, 0.15) is 11.9 Å².